The van der Waals surface area contributed by atoms with E-state index in [0.717, 1.165) is 89.4 Å². The van der Waals surface area contributed by atoms with Crippen LogP contribution in [0.2, 0.25) is 0 Å². The number of fused-ring (bicyclic) bond motifs is 8. The van der Waals surface area contributed by atoms with Crippen molar-refractivity contribution in [2.24, 2.45) is 0 Å². The minimum atomic E-state index is -0.264. The topological polar surface area (TPSA) is 110 Å². The quantitative estimate of drug-likeness (QED) is 0.306. The van der Waals surface area contributed by atoms with Gasteiger partial charge >= 0.3 is 11.9 Å². The summed E-state index contributed by atoms with van der Waals surface area (Å²) in [5.41, 5.74) is 15.9. The maximum absolute atomic E-state index is 12.1. The molecule has 8 bridgehead atoms. The highest BCUT2D eigenvalue weighted by atomic mass is 16.5. The number of ether oxygens (including phenoxy) is 2. The summed E-state index contributed by atoms with van der Waals surface area (Å²) in [6.45, 7) is 12.5. The Morgan fingerprint density at radius 3 is 1.57 bits per heavy atom. The van der Waals surface area contributed by atoms with Crippen molar-refractivity contribution in [2.45, 2.75) is 67.2 Å². The molecule has 0 atom stereocenters. The molecule has 3 aromatic heterocycles. The van der Waals surface area contributed by atoms with Gasteiger partial charge < -0.3 is 19.4 Å². The lowest BCUT2D eigenvalue weighted by Gasteiger charge is -2.04. The standard InChI is InChI=1S/C34H38N4O4/c1-17-19(3)27-14-29-21(5)23(9-11-33(39)41-7)31(37-29)16-32-24(10-12-34(40)42-8)22(6)30(38-32)15-28-20(4)18(2)26(36-28)13-25(17)35-27/h13-16,35,38H,9-12H2,1-8H3. The first kappa shape index (κ1) is 29.0. The number of aromatic nitrogens is 4. The van der Waals surface area contributed by atoms with E-state index in [2.05, 4.69) is 62.8 Å². The van der Waals surface area contributed by atoms with E-state index in [1.807, 2.05) is 13.0 Å². The van der Waals surface area contributed by atoms with Gasteiger partial charge in [0.2, 0.25) is 0 Å². The van der Waals surface area contributed by atoms with Crippen molar-refractivity contribution in [3.05, 3.63) is 69.3 Å². The lowest BCUT2D eigenvalue weighted by atomic mass is 10.0. The molecule has 0 spiro atoms. The molecule has 0 saturated heterocycles. The zero-order valence-corrected chi connectivity index (χ0v) is 25.7. The first-order chi connectivity index (χ1) is 20.0. The van der Waals surface area contributed by atoms with Crippen LogP contribution in [0.15, 0.2) is 24.3 Å². The van der Waals surface area contributed by atoms with Crippen LogP contribution in [0, 0.1) is 20.8 Å². The summed E-state index contributed by atoms with van der Waals surface area (Å²) in [5, 5.41) is 0. The summed E-state index contributed by atoms with van der Waals surface area (Å²) < 4.78 is 9.87. The Morgan fingerprint density at radius 2 is 1.02 bits per heavy atom. The van der Waals surface area contributed by atoms with Gasteiger partial charge in [0.15, 0.2) is 0 Å². The van der Waals surface area contributed by atoms with Crippen molar-refractivity contribution in [1.29, 1.82) is 0 Å². The number of nitrogens with zero attached hydrogens (tertiary/aromatic N) is 2. The molecule has 0 fully saturated rings. The van der Waals surface area contributed by atoms with Gasteiger partial charge in [-0.15, -0.1) is 0 Å². The number of allylic oxidation sites excluding steroid dienone is 4. The van der Waals surface area contributed by atoms with Gasteiger partial charge in [0, 0.05) is 34.9 Å². The zero-order chi connectivity index (χ0) is 30.3. The number of rotatable bonds is 6. The molecule has 218 valence electrons. The average molecular weight is 567 g/mol. The van der Waals surface area contributed by atoms with Crippen LogP contribution in [0.5, 0.6) is 0 Å². The second-order valence-electron chi connectivity index (χ2n) is 11.1. The molecule has 8 heteroatoms. The number of carbonyl (C=O) groups is 2. The SMILES string of the molecule is COC(=O)CCC1=C(C)c2cc3[nH]c(cc4nc(cc5[nH]c(cc1n2)c(CCC(=O)OC)c5C)C(C)=C4C)c(C)c3C. The second kappa shape index (κ2) is 11.4. The highest BCUT2D eigenvalue weighted by Gasteiger charge is 2.20. The highest BCUT2D eigenvalue weighted by molar-refractivity contribution is 5.95. The fraction of sp³-hybridized carbons (Fsp3) is 0.353. The van der Waals surface area contributed by atoms with E-state index in [9.17, 15) is 9.59 Å². The third-order valence-corrected chi connectivity index (χ3v) is 8.79. The summed E-state index contributed by atoms with van der Waals surface area (Å²) in [5.74, 6) is -0.525. The van der Waals surface area contributed by atoms with Crippen molar-refractivity contribution < 1.29 is 19.1 Å². The number of esters is 2. The van der Waals surface area contributed by atoms with E-state index in [0.29, 0.717) is 12.8 Å². The monoisotopic (exact) mass is 566 g/mol. The van der Waals surface area contributed by atoms with E-state index in [-0.39, 0.29) is 24.8 Å². The van der Waals surface area contributed by atoms with Crippen molar-refractivity contribution in [3.8, 4) is 0 Å². The first-order valence-corrected chi connectivity index (χ1v) is 14.3. The van der Waals surface area contributed by atoms with Gasteiger partial charge in [0.25, 0.3) is 0 Å². The molecule has 0 saturated carbocycles. The van der Waals surface area contributed by atoms with Crippen molar-refractivity contribution in [1.82, 2.24) is 19.9 Å². The summed E-state index contributed by atoms with van der Waals surface area (Å²) in [6, 6.07) is 8.32. The summed E-state index contributed by atoms with van der Waals surface area (Å²) in [4.78, 5) is 41.5. The van der Waals surface area contributed by atoms with Gasteiger partial charge in [-0.1, -0.05) is 0 Å². The zero-order valence-electron chi connectivity index (χ0n) is 25.7. The highest BCUT2D eigenvalue weighted by Crippen LogP contribution is 2.36. The Bertz CT molecular complexity index is 1850. The Morgan fingerprint density at radius 1 is 0.595 bits per heavy atom. The van der Waals surface area contributed by atoms with Crippen LogP contribution in [-0.4, -0.2) is 46.1 Å². The van der Waals surface area contributed by atoms with E-state index in [1.54, 1.807) is 0 Å². The van der Waals surface area contributed by atoms with Crippen LogP contribution < -0.4 is 0 Å². The molecule has 0 aromatic carbocycles. The molecule has 8 nitrogen and oxygen atoms in total. The molecule has 2 aliphatic heterocycles. The van der Waals surface area contributed by atoms with E-state index in [1.165, 1.54) is 14.2 Å². The molecule has 3 aromatic rings. The Balaban J connectivity index is 1.87. The predicted molar refractivity (Wildman–Crippen MR) is 167 cm³/mol. The number of methoxy groups -OCH3 is 2. The summed E-state index contributed by atoms with van der Waals surface area (Å²) >= 11 is 0. The third kappa shape index (κ3) is 5.29. The Hall–Kier alpha value is -4.46. The molecule has 42 heavy (non-hydrogen) atoms. The van der Waals surface area contributed by atoms with Crippen LogP contribution in [0.4, 0.5) is 0 Å². The Labute approximate surface area is 245 Å². The molecule has 5 heterocycles. The van der Waals surface area contributed by atoms with E-state index < -0.39 is 0 Å². The number of aromatic amines is 2. The third-order valence-electron chi connectivity index (χ3n) is 8.79. The number of nitrogens with one attached hydrogen (secondary N) is 2. The normalized spacial score (nSPS) is 13.1. The van der Waals surface area contributed by atoms with Gasteiger partial charge in [-0.2, -0.15) is 0 Å². The molecule has 0 amide bonds. The van der Waals surface area contributed by atoms with E-state index in [4.69, 9.17) is 19.4 Å². The second-order valence-corrected chi connectivity index (χ2v) is 11.1. The fourth-order valence-corrected chi connectivity index (χ4v) is 5.66. The van der Waals surface area contributed by atoms with Crippen molar-refractivity contribution >= 4 is 56.3 Å². The van der Waals surface area contributed by atoms with Crippen LogP contribution >= 0.6 is 0 Å². The van der Waals surface area contributed by atoms with Crippen LogP contribution in [-0.2, 0) is 25.5 Å². The van der Waals surface area contributed by atoms with Gasteiger partial charge in [0.05, 0.1) is 37.0 Å². The lowest BCUT2D eigenvalue weighted by Crippen LogP contribution is -2.02. The van der Waals surface area contributed by atoms with Gasteiger partial charge in [-0.25, -0.2) is 9.97 Å². The average Bonchev–Trinajstić information content (AvgIpc) is 3.61. The van der Waals surface area contributed by atoms with Gasteiger partial charge in [-0.3, -0.25) is 9.59 Å². The summed E-state index contributed by atoms with van der Waals surface area (Å²) in [7, 11) is 2.81. The molecule has 0 radical (unpaired) electrons. The van der Waals surface area contributed by atoms with Crippen molar-refractivity contribution in [2.75, 3.05) is 14.2 Å². The largest absolute Gasteiger partial charge is 0.469 e. The number of carbonyl (C=O) groups excluding carboxylic acids is 2. The van der Waals surface area contributed by atoms with Gasteiger partial charge in [0.1, 0.15) is 0 Å². The molecule has 2 N–H and O–H groups in total. The molecule has 0 unspecified atom stereocenters. The first-order valence-electron chi connectivity index (χ1n) is 14.3. The lowest BCUT2D eigenvalue weighted by molar-refractivity contribution is -0.141. The summed E-state index contributed by atoms with van der Waals surface area (Å²) in [6.07, 6.45) is 1.53. The number of hydrogen-bond acceptors (Lipinski definition) is 6. The molecular formula is C34H38N4O4. The van der Waals surface area contributed by atoms with Crippen LogP contribution in [0.3, 0.4) is 0 Å². The maximum Gasteiger partial charge on any atom is 0.305 e. The van der Waals surface area contributed by atoms with Crippen molar-refractivity contribution in [3.63, 3.8) is 0 Å². The predicted octanol–water partition coefficient (Wildman–Crippen LogP) is 7.18. The minimum Gasteiger partial charge on any atom is -0.469 e. The Kier molecular flexibility index (Phi) is 7.91. The minimum absolute atomic E-state index is 0.254. The number of H-pyrrole nitrogens is 2. The molecule has 2 aliphatic rings. The molecule has 5 rings (SSSR count). The smallest absolute Gasteiger partial charge is 0.305 e. The molecular weight excluding hydrogens is 528 g/mol. The van der Waals surface area contributed by atoms with Crippen LogP contribution in [0.25, 0.3) is 44.4 Å². The van der Waals surface area contributed by atoms with Gasteiger partial charge in [-0.05, 0) is 123 Å². The molecule has 0 aliphatic carbocycles. The van der Waals surface area contributed by atoms with Crippen LogP contribution in [0.1, 0.15) is 85.1 Å². The maximum atomic E-state index is 12.1. The number of hydrogen-bond donors (Lipinski definition) is 2. The van der Waals surface area contributed by atoms with E-state index >= 15 is 0 Å². The fourth-order valence-electron chi connectivity index (χ4n) is 5.66. The number of aryl methyl sites for hydroxylation is 4.